The number of anilines is 1. The minimum Gasteiger partial charge on any atom is -0.346 e. The Kier molecular flexibility index (Phi) is 4.99. The number of hydrogen-bond donors (Lipinski definition) is 4. The summed E-state index contributed by atoms with van der Waals surface area (Å²) in [6, 6.07) is 13.4. The average molecular weight is 391 g/mol. The highest BCUT2D eigenvalue weighted by molar-refractivity contribution is 6.09. The lowest BCUT2D eigenvalue weighted by molar-refractivity contribution is -0.122. The molecule has 0 saturated heterocycles. The van der Waals surface area contributed by atoms with E-state index in [1.807, 2.05) is 31.2 Å². The van der Waals surface area contributed by atoms with Gasteiger partial charge in [0.05, 0.1) is 28.3 Å². The third kappa shape index (κ3) is 3.96. The van der Waals surface area contributed by atoms with Gasteiger partial charge < -0.3 is 20.9 Å². The molecule has 2 heterocycles. The summed E-state index contributed by atoms with van der Waals surface area (Å²) in [5, 5.41) is 8.31. The van der Waals surface area contributed by atoms with Gasteiger partial charge in [-0.25, -0.2) is 4.98 Å². The van der Waals surface area contributed by atoms with Gasteiger partial charge in [0.2, 0.25) is 11.8 Å². The maximum atomic E-state index is 12.4. The minimum absolute atomic E-state index is 0.0965. The van der Waals surface area contributed by atoms with E-state index in [-0.39, 0.29) is 36.6 Å². The summed E-state index contributed by atoms with van der Waals surface area (Å²) >= 11 is 0. The number of carbonyl (C=O) groups excluding carboxylic acids is 3. The first-order valence-electron chi connectivity index (χ1n) is 9.46. The molecule has 0 saturated carbocycles. The Morgan fingerprint density at radius 3 is 2.72 bits per heavy atom. The summed E-state index contributed by atoms with van der Waals surface area (Å²) in [5.41, 5.74) is 2.62. The summed E-state index contributed by atoms with van der Waals surface area (Å²) in [4.78, 5) is 44.8. The molecule has 0 fully saturated rings. The minimum atomic E-state index is -0.776. The molecule has 1 aromatic heterocycles. The number of amides is 3. The van der Waals surface area contributed by atoms with Crippen LogP contribution >= 0.6 is 0 Å². The third-order valence-corrected chi connectivity index (χ3v) is 4.91. The van der Waals surface area contributed by atoms with Gasteiger partial charge in [-0.15, -0.1) is 0 Å². The lowest BCUT2D eigenvalue weighted by Gasteiger charge is -2.16. The monoisotopic (exact) mass is 391 g/mol. The van der Waals surface area contributed by atoms with Gasteiger partial charge in [0.25, 0.3) is 5.91 Å². The molecule has 4 N–H and O–H groups in total. The van der Waals surface area contributed by atoms with Crippen molar-refractivity contribution >= 4 is 34.4 Å². The number of para-hydroxylation sites is 3. The summed E-state index contributed by atoms with van der Waals surface area (Å²) in [5.74, 6) is -0.223. The molecule has 2 aromatic carbocycles. The van der Waals surface area contributed by atoms with Crippen molar-refractivity contribution in [3.8, 4) is 0 Å². The maximum Gasteiger partial charge on any atom is 0.254 e. The summed E-state index contributed by atoms with van der Waals surface area (Å²) in [6.07, 6.45) is 0.295. The van der Waals surface area contributed by atoms with Gasteiger partial charge in [-0.05, 0) is 37.6 Å². The number of fused-ring (bicyclic) bond motifs is 2. The number of aromatic amines is 1. The van der Waals surface area contributed by atoms with Crippen molar-refractivity contribution in [1.82, 2.24) is 20.6 Å². The second-order valence-corrected chi connectivity index (χ2v) is 7.03. The lowest BCUT2D eigenvalue weighted by atomic mass is 10.1. The van der Waals surface area contributed by atoms with Crippen LogP contribution in [0.2, 0.25) is 0 Å². The number of imidazole rings is 1. The van der Waals surface area contributed by atoms with Crippen LogP contribution in [0.1, 0.15) is 42.0 Å². The van der Waals surface area contributed by atoms with Gasteiger partial charge in [-0.1, -0.05) is 24.3 Å². The van der Waals surface area contributed by atoms with Gasteiger partial charge in [-0.3, -0.25) is 14.4 Å². The Morgan fingerprint density at radius 1 is 1.14 bits per heavy atom. The molecule has 2 atom stereocenters. The molecule has 3 aromatic rings. The van der Waals surface area contributed by atoms with Crippen LogP contribution in [0.15, 0.2) is 48.5 Å². The Hall–Kier alpha value is -3.68. The van der Waals surface area contributed by atoms with Gasteiger partial charge >= 0.3 is 0 Å². The molecule has 3 amide bonds. The van der Waals surface area contributed by atoms with E-state index in [1.165, 1.54) is 0 Å². The van der Waals surface area contributed by atoms with E-state index < -0.39 is 6.04 Å². The summed E-state index contributed by atoms with van der Waals surface area (Å²) in [6.45, 7) is 1.84. The molecule has 0 radical (unpaired) electrons. The van der Waals surface area contributed by atoms with Crippen LogP contribution in [0.25, 0.3) is 11.0 Å². The topological polar surface area (TPSA) is 116 Å². The van der Waals surface area contributed by atoms with Crippen molar-refractivity contribution in [3.05, 3.63) is 59.9 Å². The third-order valence-electron chi connectivity index (χ3n) is 4.91. The van der Waals surface area contributed by atoms with Crippen LogP contribution in [0.4, 0.5) is 5.69 Å². The SMILES string of the molecule is C[C@H](NC(=O)CCC1NC(=O)c2ccccc2NC1=O)c1nc2ccccc2[nH]1. The molecule has 29 heavy (non-hydrogen) atoms. The molecule has 0 bridgehead atoms. The quantitative estimate of drug-likeness (QED) is 0.534. The standard InChI is InChI=1S/C21H21N5O3/c1-12(19-23-15-8-4-5-9-16(15)24-19)22-18(27)11-10-17-21(29)25-14-7-3-2-6-13(14)20(28)26-17/h2-9,12,17H,10-11H2,1H3,(H,22,27)(H,23,24)(H,25,29)(H,26,28)/t12-,17?/m0/s1. The molecule has 0 aliphatic carbocycles. The average Bonchev–Trinajstić information content (AvgIpc) is 3.10. The molecule has 4 rings (SSSR count). The molecular weight excluding hydrogens is 370 g/mol. The highest BCUT2D eigenvalue weighted by Gasteiger charge is 2.28. The van der Waals surface area contributed by atoms with Gasteiger partial charge in [0.15, 0.2) is 0 Å². The van der Waals surface area contributed by atoms with Crippen molar-refractivity contribution < 1.29 is 14.4 Å². The molecule has 1 aliphatic heterocycles. The van der Waals surface area contributed by atoms with Crippen LogP contribution in [-0.2, 0) is 9.59 Å². The van der Waals surface area contributed by atoms with Crippen LogP contribution in [0, 0.1) is 0 Å². The Morgan fingerprint density at radius 2 is 1.90 bits per heavy atom. The second-order valence-electron chi connectivity index (χ2n) is 7.03. The summed E-state index contributed by atoms with van der Waals surface area (Å²) in [7, 11) is 0. The molecule has 8 heteroatoms. The first-order chi connectivity index (χ1) is 14.0. The molecule has 1 aliphatic rings. The fourth-order valence-electron chi connectivity index (χ4n) is 3.35. The Balaban J connectivity index is 1.35. The normalized spacial score (nSPS) is 17.1. The number of hydrogen-bond acceptors (Lipinski definition) is 4. The van der Waals surface area contributed by atoms with E-state index >= 15 is 0 Å². The number of nitrogens with zero attached hydrogens (tertiary/aromatic N) is 1. The smallest absolute Gasteiger partial charge is 0.254 e. The van der Waals surface area contributed by atoms with E-state index in [0.717, 1.165) is 11.0 Å². The van der Waals surface area contributed by atoms with E-state index in [4.69, 9.17) is 0 Å². The van der Waals surface area contributed by atoms with Gasteiger partial charge in [0.1, 0.15) is 11.9 Å². The molecule has 1 unspecified atom stereocenters. The van der Waals surface area contributed by atoms with E-state index in [1.54, 1.807) is 24.3 Å². The molecular formula is C21H21N5O3. The lowest BCUT2D eigenvalue weighted by Crippen LogP contribution is -2.42. The largest absolute Gasteiger partial charge is 0.346 e. The highest BCUT2D eigenvalue weighted by atomic mass is 16.2. The van der Waals surface area contributed by atoms with Crippen LogP contribution in [0.3, 0.4) is 0 Å². The number of benzene rings is 2. The van der Waals surface area contributed by atoms with Crippen LogP contribution in [-0.4, -0.2) is 33.7 Å². The van der Waals surface area contributed by atoms with Crippen molar-refractivity contribution in [2.24, 2.45) is 0 Å². The van der Waals surface area contributed by atoms with Crippen molar-refractivity contribution in [2.45, 2.75) is 31.8 Å². The Bertz CT molecular complexity index is 1060. The predicted octanol–water partition coefficient (Wildman–Crippen LogP) is 2.27. The zero-order chi connectivity index (χ0) is 20.4. The second kappa shape index (κ2) is 7.75. The van der Waals surface area contributed by atoms with Crippen molar-refractivity contribution in [3.63, 3.8) is 0 Å². The van der Waals surface area contributed by atoms with Crippen molar-refractivity contribution in [2.75, 3.05) is 5.32 Å². The van der Waals surface area contributed by atoms with E-state index in [2.05, 4.69) is 25.9 Å². The first kappa shape index (κ1) is 18.7. The molecule has 0 spiro atoms. The zero-order valence-corrected chi connectivity index (χ0v) is 15.9. The maximum absolute atomic E-state index is 12.4. The number of H-pyrrole nitrogens is 1. The van der Waals surface area contributed by atoms with Crippen molar-refractivity contribution in [1.29, 1.82) is 0 Å². The summed E-state index contributed by atoms with van der Waals surface area (Å²) < 4.78 is 0. The fraction of sp³-hybridized carbons (Fsp3) is 0.238. The number of aromatic nitrogens is 2. The molecule has 8 nitrogen and oxygen atoms in total. The predicted molar refractivity (Wildman–Crippen MR) is 108 cm³/mol. The highest BCUT2D eigenvalue weighted by Crippen LogP contribution is 2.19. The number of carbonyl (C=O) groups is 3. The van der Waals surface area contributed by atoms with E-state index in [9.17, 15) is 14.4 Å². The number of rotatable bonds is 5. The zero-order valence-electron chi connectivity index (χ0n) is 15.9. The molecule has 148 valence electrons. The Labute approximate surface area is 167 Å². The van der Waals surface area contributed by atoms with Gasteiger partial charge in [-0.2, -0.15) is 0 Å². The van der Waals surface area contributed by atoms with Gasteiger partial charge in [0, 0.05) is 6.42 Å². The van der Waals surface area contributed by atoms with E-state index in [0.29, 0.717) is 17.1 Å². The first-order valence-corrected chi connectivity index (χ1v) is 9.46. The fourth-order valence-corrected chi connectivity index (χ4v) is 3.35. The van der Waals surface area contributed by atoms with Crippen LogP contribution < -0.4 is 16.0 Å². The van der Waals surface area contributed by atoms with Crippen LogP contribution in [0.5, 0.6) is 0 Å². The number of nitrogens with one attached hydrogen (secondary N) is 4.